The largest absolute Gasteiger partial charge is 0.357 e. The van der Waals surface area contributed by atoms with Gasteiger partial charge >= 0.3 is 0 Å². The highest BCUT2D eigenvalue weighted by molar-refractivity contribution is 14.0. The Morgan fingerprint density at radius 1 is 1.29 bits per heavy atom. The smallest absolute Gasteiger partial charge is 0.191 e. The van der Waals surface area contributed by atoms with Crippen molar-refractivity contribution in [2.75, 3.05) is 32.7 Å². The third-order valence-electron chi connectivity index (χ3n) is 4.18. The molecular formula is C18H30FIN4. The highest BCUT2D eigenvalue weighted by atomic mass is 127. The van der Waals surface area contributed by atoms with Gasteiger partial charge in [-0.25, -0.2) is 9.38 Å². The van der Waals surface area contributed by atoms with Crippen LogP contribution in [-0.4, -0.2) is 43.6 Å². The maximum absolute atomic E-state index is 13.7. The number of aliphatic imine (C=N–C) groups is 1. The molecule has 0 aliphatic carbocycles. The molecule has 2 rings (SSSR count). The SMILES string of the molecule is CCCN1CCC(CNC(=NCc2ccccc2F)NCC)C1.I. The van der Waals surface area contributed by atoms with Gasteiger partial charge in [-0.15, -0.1) is 24.0 Å². The van der Waals surface area contributed by atoms with E-state index in [-0.39, 0.29) is 29.8 Å². The third kappa shape index (κ3) is 6.93. The summed E-state index contributed by atoms with van der Waals surface area (Å²) >= 11 is 0. The lowest BCUT2D eigenvalue weighted by atomic mass is 10.1. The minimum atomic E-state index is -0.196. The van der Waals surface area contributed by atoms with Gasteiger partial charge in [-0.05, 0) is 44.8 Å². The molecule has 1 aliphatic heterocycles. The van der Waals surface area contributed by atoms with Crippen molar-refractivity contribution >= 4 is 29.9 Å². The van der Waals surface area contributed by atoms with Crippen LogP contribution in [0.5, 0.6) is 0 Å². The van der Waals surface area contributed by atoms with E-state index in [9.17, 15) is 4.39 Å². The zero-order valence-electron chi connectivity index (χ0n) is 14.7. The van der Waals surface area contributed by atoms with Gasteiger partial charge in [-0.3, -0.25) is 0 Å². The first kappa shape index (κ1) is 21.2. The monoisotopic (exact) mass is 448 g/mol. The predicted molar refractivity (Wildman–Crippen MR) is 109 cm³/mol. The number of benzene rings is 1. The van der Waals surface area contributed by atoms with Crippen molar-refractivity contribution in [1.82, 2.24) is 15.5 Å². The van der Waals surface area contributed by atoms with Crippen LogP contribution in [0.15, 0.2) is 29.3 Å². The maximum Gasteiger partial charge on any atom is 0.191 e. The first-order chi connectivity index (χ1) is 11.2. The fourth-order valence-electron chi connectivity index (χ4n) is 2.97. The van der Waals surface area contributed by atoms with Crippen LogP contribution in [0.3, 0.4) is 0 Å². The summed E-state index contributed by atoms with van der Waals surface area (Å²) in [6, 6.07) is 6.80. The van der Waals surface area contributed by atoms with E-state index in [0.717, 1.165) is 25.6 Å². The van der Waals surface area contributed by atoms with Crippen LogP contribution in [0.1, 0.15) is 32.3 Å². The van der Waals surface area contributed by atoms with Crippen LogP contribution >= 0.6 is 24.0 Å². The Labute approximate surface area is 162 Å². The number of nitrogens with one attached hydrogen (secondary N) is 2. The van der Waals surface area contributed by atoms with Crippen LogP contribution in [0, 0.1) is 11.7 Å². The molecular weight excluding hydrogens is 418 g/mol. The van der Waals surface area contributed by atoms with Crippen molar-refractivity contribution in [2.45, 2.75) is 33.2 Å². The summed E-state index contributed by atoms with van der Waals surface area (Å²) in [4.78, 5) is 7.03. The van der Waals surface area contributed by atoms with E-state index in [2.05, 4.69) is 27.4 Å². The highest BCUT2D eigenvalue weighted by Gasteiger charge is 2.21. The summed E-state index contributed by atoms with van der Waals surface area (Å²) in [5.74, 6) is 1.24. The molecule has 1 aliphatic rings. The van der Waals surface area contributed by atoms with Gasteiger partial charge < -0.3 is 15.5 Å². The molecule has 136 valence electrons. The Morgan fingerprint density at radius 2 is 2.08 bits per heavy atom. The molecule has 0 aromatic heterocycles. The summed E-state index contributed by atoms with van der Waals surface area (Å²) in [5, 5.41) is 6.64. The standard InChI is InChI=1S/C18H29FN4.HI/c1-3-10-23-11-9-15(14-23)12-21-18(20-4-2)22-13-16-7-5-6-8-17(16)19;/h5-8,15H,3-4,9-14H2,1-2H3,(H2,20,21,22);1H. The van der Waals surface area contributed by atoms with Crippen molar-refractivity contribution in [3.63, 3.8) is 0 Å². The Kier molecular flexibility index (Phi) is 10.2. The Balaban J connectivity index is 0.00000288. The average molecular weight is 448 g/mol. The van der Waals surface area contributed by atoms with Crippen molar-refractivity contribution in [3.05, 3.63) is 35.6 Å². The zero-order chi connectivity index (χ0) is 16.5. The molecule has 0 radical (unpaired) electrons. The lowest BCUT2D eigenvalue weighted by Crippen LogP contribution is -2.40. The lowest BCUT2D eigenvalue weighted by Gasteiger charge is -2.17. The van der Waals surface area contributed by atoms with Crippen LogP contribution in [0.25, 0.3) is 0 Å². The van der Waals surface area contributed by atoms with Crippen molar-refractivity contribution < 1.29 is 4.39 Å². The number of rotatable bonds is 7. The Hall–Kier alpha value is -0.890. The quantitative estimate of drug-likeness (QED) is 0.382. The van der Waals surface area contributed by atoms with E-state index in [1.165, 1.54) is 32.0 Å². The predicted octanol–water partition coefficient (Wildman–Crippen LogP) is 3.23. The second kappa shape index (κ2) is 11.6. The minimum Gasteiger partial charge on any atom is -0.357 e. The van der Waals surface area contributed by atoms with Crippen molar-refractivity contribution in [3.8, 4) is 0 Å². The second-order valence-electron chi connectivity index (χ2n) is 6.12. The van der Waals surface area contributed by atoms with E-state index in [4.69, 9.17) is 0 Å². The molecule has 2 N–H and O–H groups in total. The van der Waals surface area contributed by atoms with E-state index < -0.39 is 0 Å². The van der Waals surface area contributed by atoms with Crippen LogP contribution in [0.2, 0.25) is 0 Å². The summed E-state index contributed by atoms with van der Waals surface area (Å²) < 4.78 is 13.7. The number of halogens is 2. The van der Waals surface area contributed by atoms with Crippen LogP contribution < -0.4 is 10.6 Å². The molecule has 4 nitrogen and oxygen atoms in total. The molecule has 24 heavy (non-hydrogen) atoms. The molecule has 1 heterocycles. The van der Waals surface area contributed by atoms with Gasteiger partial charge in [0.25, 0.3) is 0 Å². The zero-order valence-corrected chi connectivity index (χ0v) is 17.1. The number of hydrogen-bond acceptors (Lipinski definition) is 2. The molecule has 1 unspecified atom stereocenters. The topological polar surface area (TPSA) is 39.7 Å². The van der Waals surface area contributed by atoms with Gasteiger partial charge in [-0.2, -0.15) is 0 Å². The first-order valence-corrected chi connectivity index (χ1v) is 8.70. The van der Waals surface area contributed by atoms with Gasteiger partial charge in [0.15, 0.2) is 5.96 Å². The molecule has 1 aromatic rings. The highest BCUT2D eigenvalue weighted by Crippen LogP contribution is 2.15. The molecule has 6 heteroatoms. The van der Waals surface area contributed by atoms with Crippen molar-refractivity contribution in [2.24, 2.45) is 10.9 Å². The second-order valence-corrected chi connectivity index (χ2v) is 6.12. The number of nitrogens with zero attached hydrogens (tertiary/aromatic N) is 2. The Bertz CT molecular complexity index is 510. The molecule has 1 saturated heterocycles. The molecule has 1 fully saturated rings. The van der Waals surface area contributed by atoms with Crippen molar-refractivity contribution in [1.29, 1.82) is 0 Å². The molecule has 0 bridgehead atoms. The maximum atomic E-state index is 13.7. The molecule has 1 atom stereocenters. The van der Waals surface area contributed by atoms with E-state index in [1.807, 2.05) is 13.0 Å². The van der Waals surface area contributed by atoms with Gasteiger partial charge in [0, 0.05) is 25.2 Å². The molecule has 0 amide bonds. The van der Waals surface area contributed by atoms with E-state index in [0.29, 0.717) is 18.0 Å². The lowest BCUT2D eigenvalue weighted by molar-refractivity contribution is 0.324. The number of likely N-dealkylation sites (tertiary alicyclic amines) is 1. The summed E-state index contributed by atoms with van der Waals surface area (Å²) in [7, 11) is 0. The van der Waals surface area contributed by atoms with E-state index >= 15 is 0 Å². The van der Waals surface area contributed by atoms with Gasteiger partial charge in [0.2, 0.25) is 0 Å². The first-order valence-electron chi connectivity index (χ1n) is 8.70. The summed E-state index contributed by atoms with van der Waals surface area (Å²) in [6.07, 6.45) is 2.45. The molecule has 0 saturated carbocycles. The minimum absolute atomic E-state index is 0. The fourth-order valence-corrected chi connectivity index (χ4v) is 2.97. The number of hydrogen-bond donors (Lipinski definition) is 2. The summed E-state index contributed by atoms with van der Waals surface area (Å²) in [5.41, 5.74) is 0.625. The van der Waals surface area contributed by atoms with Crippen LogP contribution in [-0.2, 0) is 6.54 Å². The summed E-state index contributed by atoms with van der Waals surface area (Å²) in [6.45, 7) is 9.89. The third-order valence-corrected chi connectivity index (χ3v) is 4.18. The average Bonchev–Trinajstić information content (AvgIpc) is 2.99. The number of guanidine groups is 1. The molecule has 1 aromatic carbocycles. The molecule has 0 spiro atoms. The Morgan fingerprint density at radius 3 is 2.79 bits per heavy atom. The van der Waals surface area contributed by atoms with E-state index in [1.54, 1.807) is 12.1 Å². The van der Waals surface area contributed by atoms with Crippen LogP contribution in [0.4, 0.5) is 4.39 Å². The fraction of sp³-hybridized carbons (Fsp3) is 0.611. The van der Waals surface area contributed by atoms with Gasteiger partial charge in [0.1, 0.15) is 5.82 Å². The normalized spacial score (nSPS) is 18.3. The van der Waals surface area contributed by atoms with Gasteiger partial charge in [0.05, 0.1) is 6.54 Å². The van der Waals surface area contributed by atoms with Gasteiger partial charge in [-0.1, -0.05) is 25.1 Å².